The highest BCUT2D eigenvalue weighted by atomic mass is 79.9. The maximum absolute atomic E-state index is 12.7. The van der Waals surface area contributed by atoms with E-state index in [0.29, 0.717) is 5.56 Å². The molecule has 2 aromatic carbocycles. The zero-order valence-electron chi connectivity index (χ0n) is 18.5. The zero-order valence-corrected chi connectivity index (χ0v) is 20.8. The summed E-state index contributed by atoms with van der Waals surface area (Å²) in [5.74, 6) is -0.284. The molecule has 2 aromatic rings. The fourth-order valence-corrected chi connectivity index (χ4v) is 4.53. The average Bonchev–Trinajstić information content (AvgIpc) is 2.78. The summed E-state index contributed by atoms with van der Waals surface area (Å²) in [6.45, 7) is 2.59. The fraction of sp³-hybridized carbons (Fsp3) is 0.417. The molecule has 1 heterocycles. The number of nitrogens with two attached hydrogens (primary N) is 1. The topological polar surface area (TPSA) is 78.7 Å². The molecule has 1 aliphatic heterocycles. The van der Waals surface area contributed by atoms with Gasteiger partial charge >= 0.3 is 0 Å². The van der Waals surface area contributed by atoms with E-state index in [1.54, 1.807) is 6.07 Å². The number of halogens is 2. The van der Waals surface area contributed by atoms with Crippen LogP contribution in [-0.2, 0) is 11.3 Å². The van der Waals surface area contributed by atoms with Gasteiger partial charge in [0.15, 0.2) is 5.78 Å². The van der Waals surface area contributed by atoms with Crippen molar-refractivity contribution in [2.45, 2.75) is 25.4 Å². The summed E-state index contributed by atoms with van der Waals surface area (Å²) >= 11 is 9.36. The van der Waals surface area contributed by atoms with Gasteiger partial charge in [-0.3, -0.25) is 14.5 Å². The van der Waals surface area contributed by atoms with Crippen LogP contribution in [0.15, 0.2) is 46.9 Å². The number of hydrogen-bond donors (Lipinski definition) is 2. The van der Waals surface area contributed by atoms with Crippen LogP contribution in [0.25, 0.3) is 0 Å². The number of hydrogen-bond acceptors (Lipinski definition) is 5. The van der Waals surface area contributed by atoms with E-state index in [1.165, 1.54) is 5.56 Å². The fourth-order valence-electron chi connectivity index (χ4n) is 4.04. The van der Waals surface area contributed by atoms with Crippen LogP contribution in [0.1, 0.15) is 28.8 Å². The van der Waals surface area contributed by atoms with Crippen LogP contribution in [0.2, 0.25) is 5.02 Å². The lowest BCUT2D eigenvalue weighted by Crippen LogP contribution is -2.47. The Morgan fingerprint density at radius 2 is 1.84 bits per heavy atom. The number of amides is 1. The Bertz CT molecular complexity index is 944. The Balaban J connectivity index is 1.48. The van der Waals surface area contributed by atoms with Crippen molar-refractivity contribution in [1.29, 1.82) is 0 Å². The van der Waals surface area contributed by atoms with E-state index < -0.39 is 6.04 Å². The molecule has 32 heavy (non-hydrogen) atoms. The Morgan fingerprint density at radius 1 is 1.19 bits per heavy atom. The maximum atomic E-state index is 12.7. The van der Waals surface area contributed by atoms with Crippen molar-refractivity contribution in [3.63, 3.8) is 0 Å². The van der Waals surface area contributed by atoms with Gasteiger partial charge in [-0.25, -0.2) is 0 Å². The molecule has 1 atom stereocenters. The lowest BCUT2D eigenvalue weighted by molar-refractivity contribution is -0.120. The highest BCUT2D eigenvalue weighted by molar-refractivity contribution is 9.10. The van der Waals surface area contributed by atoms with Crippen molar-refractivity contribution in [2.24, 2.45) is 11.7 Å². The molecule has 0 spiro atoms. The SMILES string of the molecule is CN(C)c1ccc(Br)cc1C(=O)NCC(=O)C(N)C1CCN(Cc2ccc(Cl)cc2)CC1. The van der Waals surface area contributed by atoms with Crippen LogP contribution in [-0.4, -0.2) is 56.4 Å². The smallest absolute Gasteiger partial charge is 0.253 e. The predicted octanol–water partition coefficient (Wildman–Crippen LogP) is 3.71. The lowest BCUT2D eigenvalue weighted by atomic mass is 9.87. The largest absolute Gasteiger partial charge is 0.377 e. The second-order valence-electron chi connectivity index (χ2n) is 8.47. The van der Waals surface area contributed by atoms with E-state index >= 15 is 0 Å². The third-order valence-corrected chi connectivity index (χ3v) is 6.68. The number of nitrogens with one attached hydrogen (secondary N) is 1. The average molecular weight is 522 g/mol. The first-order valence-electron chi connectivity index (χ1n) is 10.7. The van der Waals surface area contributed by atoms with Gasteiger partial charge in [0.1, 0.15) is 0 Å². The number of carbonyl (C=O) groups excluding carboxylic acids is 2. The van der Waals surface area contributed by atoms with Gasteiger partial charge in [0, 0.05) is 35.8 Å². The molecule has 3 N–H and O–H groups in total. The van der Waals surface area contributed by atoms with E-state index in [4.69, 9.17) is 17.3 Å². The molecule has 3 rings (SSSR count). The second kappa shape index (κ2) is 11.3. The zero-order chi connectivity index (χ0) is 23.3. The molecule has 0 bridgehead atoms. The van der Waals surface area contributed by atoms with Gasteiger partial charge in [0.25, 0.3) is 5.91 Å². The summed E-state index contributed by atoms with van der Waals surface area (Å²) in [7, 11) is 3.75. The summed E-state index contributed by atoms with van der Waals surface area (Å²) in [6.07, 6.45) is 1.73. The molecule has 1 fully saturated rings. The molecule has 8 heteroatoms. The first kappa shape index (κ1) is 24.7. The number of rotatable bonds is 8. The molecule has 1 aliphatic rings. The maximum Gasteiger partial charge on any atom is 0.253 e. The van der Waals surface area contributed by atoms with Gasteiger partial charge in [-0.05, 0) is 67.7 Å². The molecule has 1 saturated heterocycles. The number of benzene rings is 2. The standard InChI is InChI=1S/C24H30BrClN4O2/c1-29(2)21-8-5-18(25)13-20(21)24(32)28-14-22(31)23(27)17-9-11-30(12-10-17)15-16-3-6-19(26)7-4-16/h3-8,13,17,23H,9-12,14-15,27H2,1-2H3,(H,28,32). The monoisotopic (exact) mass is 520 g/mol. The van der Waals surface area contributed by atoms with Crippen molar-refractivity contribution in [3.05, 3.63) is 63.1 Å². The highest BCUT2D eigenvalue weighted by Crippen LogP contribution is 2.24. The van der Waals surface area contributed by atoms with Gasteiger partial charge < -0.3 is 16.0 Å². The van der Waals surface area contributed by atoms with E-state index in [2.05, 4.69) is 26.1 Å². The van der Waals surface area contributed by atoms with Gasteiger partial charge in [-0.1, -0.05) is 39.7 Å². The Morgan fingerprint density at radius 3 is 2.47 bits per heavy atom. The molecule has 0 saturated carbocycles. The number of likely N-dealkylation sites (tertiary alicyclic amines) is 1. The first-order chi connectivity index (χ1) is 15.2. The number of carbonyl (C=O) groups is 2. The van der Waals surface area contributed by atoms with Gasteiger partial charge in [0.2, 0.25) is 0 Å². The van der Waals surface area contributed by atoms with Crippen LogP contribution >= 0.6 is 27.5 Å². The van der Waals surface area contributed by atoms with E-state index in [9.17, 15) is 9.59 Å². The third kappa shape index (κ3) is 6.54. The van der Waals surface area contributed by atoms with Gasteiger partial charge in [0.05, 0.1) is 18.2 Å². The molecule has 6 nitrogen and oxygen atoms in total. The summed E-state index contributed by atoms with van der Waals surface area (Å²) in [5.41, 5.74) is 8.81. The molecule has 1 amide bonds. The first-order valence-corrected chi connectivity index (χ1v) is 11.9. The summed E-state index contributed by atoms with van der Waals surface area (Å²) < 4.78 is 0.807. The van der Waals surface area contributed by atoms with Crippen molar-refractivity contribution < 1.29 is 9.59 Å². The van der Waals surface area contributed by atoms with Crippen LogP contribution in [0.4, 0.5) is 5.69 Å². The molecular weight excluding hydrogens is 492 g/mol. The normalized spacial score (nSPS) is 15.9. The minimum atomic E-state index is -0.566. The summed E-state index contributed by atoms with van der Waals surface area (Å²) in [4.78, 5) is 29.6. The van der Waals surface area contributed by atoms with Crippen LogP contribution in [0.3, 0.4) is 0 Å². The van der Waals surface area contributed by atoms with Crippen molar-refractivity contribution in [3.8, 4) is 0 Å². The van der Waals surface area contributed by atoms with E-state index in [0.717, 1.165) is 47.7 Å². The minimum absolute atomic E-state index is 0.0651. The van der Waals surface area contributed by atoms with Gasteiger partial charge in [-0.15, -0.1) is 0 Å². The number of nitrogens with zero attached hydrogens (tertiary/aromatic N) is 2. The van der Waals surface area contributed by atoms with Gasteiger partial charge in [-0.2, -0.15) is 0 Å². The summed E-state index contributed by atoms with van der Waals surface area (Å²) in [5, 5.41) is 3.49. The molecule has 0 aliphatic carbocycles. The molecule has 0 radical (unpaired) electrons. The lowest BCUT2D eigenvalue weighted by Gasteiger charge is -2.34. The third-order valence-electron chi connectivity index (χ3n) is 5.94. The quantitative estimate of drug-likeness (QED) is 0.554. The predicted molar refractivity (Wildman–Crippen MR) is 133 cm³/mol. The van der Waals surface area contributed by atoms with Crippen LogP contribution in [0.5, 0.6) is 0 Å². The number of piperidine rings is 1. The Labute approximate surface area is 203 Å². The number of Topliss-reactive ketones (excluding diaryl/α,β-unsaturated/α-hetero) is 1. The van der Waals surface area contributed by atoms with E-state index in [1.807, 2.05) is 55.4 Å². The van der Waals surface area contributed by atoms with E-state index in [-0.39, 0.29) is 24.2 Å². The van der Waals surface area contributed by atoms with Crippen LogP contribution in [0, 0.1) is 5.92 Å². The molecule has 172 valence electrons. The number of anilines is 1. The second-order valence-corrected chi connectivity index (χ2v) is 9.82. The van der Waals surface area contributed by atoms with Crippen molar-refractivity contribution in [2.75, 3.05) is 38.6 Å². The molecule has 0 aromatic heterocycles. The van der Waals surface area contributed by atoms with Crippen molar-refractivity contribution in [1.82, 2.24) is 10.2 Å². The summed E-state index contributed by atoms with van der Waals surface area (Å²) in [6, 6.07) is 12.8. The molecular formula is C24H30BrClN4O2. The minimum Gasteiger partial charge on any atom is -0.377 e. The molecule has 1 unspecified atom stereocenters. The number of ketones is 1. The Kier molecular flexibility index (Phi) is 8.71. The van der Waals surface area contributed by atoms with Crippen molar-refractivity contribution >= 4 is 44.9 Å². The Hall–Kier alpha value is -1.93. The highest BCUT2D eigenvalue weighted by Gasteiger charge is 2.29. The van der Waals surface area contributed by atoms with Crippen LogP contribution < -0.4 is 16.0 Å².